The number of carbonyl (C=O) groups is 1. The van der Waals surface area contributed by atoms with Crippen molar-refractivity contribution in [1.82, 2.24) is 14.9 Å². The largest absolute Gasteiger partial charge is 0.304 e. The lowest BCUT2D eigenvalue weighted by molar-refractivity contribution is -0.116. The second-order valence-electron chi connectivity index (χ2n) is 6.87. The number of thiazole rings is 1. The normalized spacial score (nSPS) is 18.6. The summed E-state index contributed by atoms with van der Waals surface area (Å²) in [5, 5.41) is 0.793. The first-order valence-electron chi connectivity index (χ1n) is 9.72. The van der Waals surface area contributed by atoms with E-state index in [0.29, 0.717) is 31.5 Å². The molecule has 0 bridgehead atoms. The van der Waals surface area contributed by atoms with Crippen molar-refractivity contribution in [2.24, 2.45) is 0 Å². The summed E-state index contributed by atoms with van der Waals surface area (Å²) in [7, 11) is 3.95. The maximum atomic E-state index is 11.5. The van der Waals surface area contributed by atoms with Crippen LogP contribution in [0.5, 0.6) is 0 Å². The summed E-state index contributed by atoms with van der Waals surface area (Å²) < 4.78 is 24.0. The summed E-state index contributed by atoms with van der Waals surface area (Å²) >= 11 is 1.51. The van der Waals surface area contributed by atoms with E-state index in [1.54, 1.807) is 13.1 Å². The summed E-state index contributed by atoms with van der Waals surface area (Å²) in [5.74, 6) is 0.0814. The Hall–Kier alpha value is -1.59. The van der Waals surface area contributed by atoms with Crippen LogP contribution in [0.2, 0.25) is 0 Å². The van der Waals surface area contributed by atoms with Crippen LogP contribution in [-0.2, 0) is 23.2 Å². The molecule has 0 amide bonds. The number of rotatable bonds is 6. The van der Waals surface area contributed by atoms with Gasteiger partial charge in [0.05, 0.1) is 17.0 Å². The molecule has 0 aliphatic heterocycles. The minimum atomic E-state index is -2.06. The van der Waals surface area contributed by atoms with Gasteiger partial charge in [0, 0.05) is 28.0 Å². The lowest BCUT2D eigenvalue weighted by Crippen LogP contribution is -2.31. The van der Waals surface area contributed by atoms with E-state index >= 15 is 0 Å². The first-order valence-corrected chi connectivity index (χ1v) is 9.04. The Morgan fingerprint density at radius 3 is 2.83 bits per heavy atom. The Morgan fingerprint density at radius 1 is 1.46 bits per heavy atom. The van der Waals surface area contributed by atoms with Gasteiger partial charge in [0.15, 0.2) is 0 Å². The molecule has 24 heavy (non-hydrogen) atoms. The molecule has 5 heteroatoms. The van der Waals surface area contributed by atoms with E-state index in [9.17, 15) is 4.79 Å². The Bertz CT molecular complexity index is 841. The van der Waals surface area contributed by atoms with Crippen LogP contribution >= 0.6 is 11.3 Å². The van der Waals surface area contributed by atoms with E-state index < -0.39 is 12.3 Å². The van der Waals surface area contributed by atoms with Crippen molar-refractivity contribution in [2.45, 2.75) is 51.4 Å². The predicted molar refractivity (Wildman–Crippen MR) is 98.3 cm³/mol. The number of carbonyl (C=O) groups excluding carboxylic acids is 1. The number of pyridine rings is 1. The van der Waals surface area contributed by atoms with Gasteiger partial charge >= 0.3 is 0 Å². The molecule has 2 aromatic heterocycles. The van der Waals surface area contributed by atoms with E-state index in [-0.39, 0.29) is 5.78 Å². The van der Waals surface area contributed by atoms with Crippen molar-refractivity contribution < 1.29 is 8.91 Å². The summed E-state index contributed by atoms with van der Waals surface area (Å²) in [6.45, 7) is 0.163. The van der Waals surface area contributed by atoms with Crippen LogP contribution < -0.4 is 0 Å². The molecular formula is C19H25N3OS. The SMILES string of the molecule is [2H]C([2H])([2H])C1(c2cc(-c3sc(CC(C)=O)nc3CN(C)C)ccn2)CCC1. The molecule has 0 unspecified atom stereocenters. The van der Waals surface area contributed by atoms with E-state index in [2.05, 4.69) is 9.97 Å². The molecular weight excluding hydrogens is 318 g/mol. The van der Waals surface area contributed by atoms with Gasteiger partial charge in [-0.15, -0.1) is 11.3 Å². The Kier molecular flexibility index (Phi) is 3.83. The first-order chi connectivity index (χ1) is 12.6. The topological polar surface area (TPSA) is 46.1 Å². The van der Waals surface area contributed by atoms with Crippen molar-refractivity contribution in [3.8, 4) is 10.4 Å². The fraction of sp³-hybridized carbons (Fsp3) is 0.526. The van der Waals surface area contributed by atoms with Gasteiger partial charge < -0.3 is 4.90 Å². The van der Waals surface area contributed by atoms with Crippen LogP contribution in [0, 0.1) is 0 Å². The molecule has 0 N–H and O–H groups in total. The second-order valence-corrected chi connectivity index (χ2v) is 7.95. The molecule has 3 rings (SSSR count). The van der Waals surface area contributed by atoms with Gasteiger partial charge in [-0.2, -0.15) is 0 Å². The maximum Gasteiger partial charge on any atom is 0.136 e. The molecule has 0 aromatic carbocycles. The molecule has 0 spiro atoms. The number of hydrogen-bond acceptors (Lipinski definition) is 5. The molecule has 1 saturated carbocycles. The predicted octanol–water partition coefficient (Wildman–Crippen LogP) is 3.84. The summed E-state index contributed by atoms with van der Waals surface area (Å²) in [6, 6.07) is 3.81. The van der Waals surface area contributed by atoms with Gasteiger partial charge in [-0.1, -0.05) is 13.3 Å². The molecule has 4 nitrogen and oxygen atoms in total. The zero-order valence-electron chi connectivity index (χ0n) is 17.4. The third-order valence-corrected chi connectivity index (χ3v) is 5.47. The van der Waals surface area contributed by atoms with E-state index in [0.717, 1.165) is 27.6 Å². The molecule has 2 heterocycles. The van der Waals surface area contributed by atoms with Crippen molar-refractivity contribution >= 4 is 17.1 Å². The smallest absolute Gasteiger partial charge is 0.136 e. The molecule has 128 valence electrons. The number of aromatic nitrogens is 2. The van der Waals surface area contributed by atoms with Gasteiger partial charge in [0.2, 0.25) is 0 Å². The lowest BCUT2D eigenvalue weighted by atomic mass is 9.68. The van der Waals surface area contributed by atoms with Crippen molar-refractivity contribution in [1.29, 1.82) is 0 Å². The summed E-state index contributed by atoms with van der Waals surface area (Å²) in [4.78, 5) is 23.6. The highest BCUT2D eigenvalue weighted by molar-refractivity contribution is 7.15. The Balaban J connectivity index is 2.04. The Labute approximate surface area is 152 Å². The average molecular weight is 347 g/mol. The summed E-state index contributed by atoms with van der Waals surface area (Å²) in [6.07, 6.45) is 4.22. The zero-order chi connectivity index (χ0) is 19.8. The highest BCUT2D eigenvalue weighted by Crippen LogP contribution is 2.43. The third kappa shape index (κ3) is 3.57. The summed E-state index contributed by atoms with van der Waals surface area (Å²) in [5.41, 5.74) is 1.65. The van der Waals surface area contributed by atoms with Crippen molar-refractivity contribution in [3.05, 3.63) is 34.7 Å². The van der Waals surface area contributed by atoms with Crippen LogP contribution in [-0.4, -0.2) is 34.7 Å². The third-order valence-electron chi connectivity index (χ3n) is 4.33. The number of ketones is 1. The quantitative estimate of drug-likeness (QED) is 0.797. The Morgan fingerprint density at radius 2 is 2.25 bits per heavy atom. The highest BCUT2D eigenvalue weighted by Gasteiger charge is 2.35. The highest BCUT2D eigenvalue weighted by atomic mass is 32.1. The molecule has 1 aliphatic carbocycles. The standard InChI is InChI=1S/C19H25N3OS/c1-13(23)10-17-21-15(12-22(3)4)18(24-17)14-6-9-20-16(11-14)19(2)7-5-8-19/h6,9,11H,5,7-8,10,12H2,1-4H3/i2D3. The van der Waals surface area contributed by atoms with Gasteiger partial charge in [-0.05, 0) is 51.6 Å². The number of Topliss-reactive ketones (excluding diaryl/α,β-unsaturated/α-hetero) is 1. The lowest BCUT2D eigenvalue weighted by Gasteiger charge is -2.37. The van der Waals surface area contributed by atoms with E-state index in [1.807, 2.05) is 31.1 Å². The molecule has 0 atom stereocenters. The first kappa shape index (κ1) is 13.7. The average Bonchev–Trinajstić information content (AvgIpc) is 2.85. The monoisotopic (exact) mass is 346 g/mol. The maximum absolute atomic E-state index is 11.5. The minimum absolute atomic E-state index is 0.0814. The van der Waals surface area contributed by atoms with Crippen LogP contribution in [0.4, 0.5) is 0 Å². The number of nitrogens with zero attached hydrogens (tertiary/aromatic N) is 3. The van der Waals surface area contributed by atoms with Gasteiger partial charge in [-0.3, -0.25) is 9.78 Å². The molecule has 0 radical (unpaired) electrons. The van der Waals surface area contributed by atoms with Crippen LogP contribution in [0.15, 0.2) is 18.3 Å². The molecule has 1 aliphatic rings. The van der Waals surface area contributed by atoms with Gasteiger partial charge in [-0.25, -0.2) is 4.98 Å². The minimum Gasteiger partial charge on any atom is -0.304 e. The second kappa shape index (κ2) is 6.73. The molecule has 2 aromatic rings. The van der Waals surface area contributed by atoms with Crippen LogP contribution in [0.1, 0.15) is 53.5 Å². The zero-order valence-corrected chi connectivity index (χ0v) is 15.2. The van der Waals surface area contributed by atoms with Gasteiger partial charge in [0.1, 0.15) is 10.8 Å². The van der Waals surface area contributed by atoms with Crippen molar-refractivity contribution in [2.75, 3.05) is 14.1 Å². The van der Waals surface area contributed by atoms with E-state index in [1.165, 1.54) is 11.3 Å². The fourth-order valence-corrected chi connectivity index (χ4v) is 4.08. The van der Waals surface area contributed by atoms with Crippen LogP contribution in [0.3, 0.4) is 0 Å². The van der Waals surface area contributed by atoms with Crippen LogP contribution in [0.25, 0.3) is 10.4 Å². The van der Waals surface area contributed by atoms with Crippen molar-refractivity contribution in [3.63, 3.8) is 0 Å². The van der Waals surface area contributed by atoms with E-state index in [4.69, 9.17) is 4.11 Å². The number of hydrogen-bond donors (Lipinski definition) is 0. The molecule has 0 saturated heterocycles. The fourth-order valence-electron chi connectivity index (χ4n) is 2.94. The van der Waals surface area contributed by atoms with Gasteiger partial charge in [0.25, 0.3) is 0 Å². The molecule has 1 fully saturated rings.